The molecule has 0 aliphatic rings. The van der Waals surface area contributed by atoms with Crippen molar-refractivity contribution in [3.63, 3.8) is 0 Å². The first-order valence-corrected chi connectivity index (χ1v) is 4.94. The SMILES string of the molecule is C#CCCCC(=O)Oc1c(F)c(F)cc(F)c1F. The molecular weight excluding hydrogens is 252 g/mol. The lowest BCUT2D eigenvalue weighted by Crippen LogP contribution is -2.11. The van der Waals surface area contributed by atoms with Crippen molar-refractivity contribution in [3.05, 3.63) is 29.3 Å². The Labute approximate surface area is 101 Å². The summed E-state index contributed by atoms with van der Waals surface area (Å²) in [5, 5.41) is 0. The zero-order valence-electron chi connectivity index (χ0n) is 9.10. The Balaban J connectivity index is 2.85. The highest BCUT2D eigenvalue weighted by atomic mass is 19.2. The normalized spacial score (nSPS) is 9.94. The molecule has 96 valence electrons. The Hall–Kier alpha value is -2.03. The quantitative estimate of drug-likeness (QED) is 0.208. The maximum atomic E-state index is 13.1. The van der Waals surface area contributed by atoms with Crippen molar-refractivity contribution in [2.45, 2.75) is 19.3 Å². The number of halogens is 4. The highest BCUT2D eigenvalue weighted by molar-refractivity contribution is 5.72. The van der Waals surface area contributed by atoms with Crippen LogP contribution in [0.3, 0.4) is 0 Å². The number of rotatable bonds is 4. The molecule has 1 aromatic rings. The summed E-state index contributed by atoms with van der Waals surface area (Å²) >= 11 is 0. The van der Waals surface area contributed by atoms with Gasteiger partial charge in [-0.1, -0.05) is 0 Å². The lowest BCUT2D eigenvalue weighted by molar-refractivity contribution is -0.134. The van der Waals surface area contributed by atoms with Crippen molar-refractivity contribution in [1.29, 1.82) is 0 Å². The summed E-state index contributed by atoms with van der Waals surface area (Å²) in [5.74, 6) is -6.92. The number of carbonyl (C=O) groups excluding carboxylic acids is 1. The van der Waals surface area contributed by atoms with Crippen molar-refractivity contribution in [2.24, 2.45) is 0 Å². The second kappa shape index (κ2) is 6.05. The highest BCUT2D eigenvalue weighted by Crippen LogP contribution is 2.26. The molecule has 0 aromatic heterocycles. The Morgan fingerprint density at radius 1 is 1.22 bits per heavy atom. The number of esters is 1. The molecule has 0 aliphatic carbocycles. The van der Waals surface area contributed by atoms with Crippen LogP contribution in [0, 0.1) is 35.6 Å². The van der Waals surface area contributed by atoms with Crippen molar-refractivity contribution >= 4 is 5.97 Å². The Morgan fingerprint density at radius 3 is 2.28 bits per heavy atom. The highest BCUT2D eigenvalue weighted by Gasteiger charge is 2.22. The second-order valence-electron chi connectivity index (χ2n) is 3.33. The summed E-state index contributed by atoms with van der Waals surface area (Å²) in [4.78, 5) is 11.1. The van der Waals surface area contributed by atoms with Crippen molar-refractivity contribution in [2.75, 3.05) is 0 Å². The average Bonchev–Trinajstić information content (AvgIpc) is 2.32. The van der Waals surface area contributed by atoms with Gasteiger partial charge in [0, 0.05) is 18.9 Å². The summed E-state index contributed by atoms with van der Waals surface area (Å²) in [6.07, 6.45) is 5.25. The van der Waals surface area contributed by atoms with E-state index in [-0.39, 0.29) is 25.3 Å². The molecule has 0 spiro atoms. The third-order valence-electron chi connectivity index (χ3n) is 1.99. The minimum absolute atomic E-state index is 0.0281. The molecule has 0 unspecified atom stereocenters. The van der Waals surface area contributed by atoms with E-state index in [0.717, 1.165) is 0 Å². The van der Waals surface area contributed by atoms with E-state index in [1.54, 1.807) is 0 Å². The van der Waals surface area contributed by atoms with Crippen molar-refractivity contribution < 1.29 is 27.1 Å². The van der Waals surface area contributed by atoms with Gasteiger partial charge in [-0.05, 0) is 6.42 Å². The van der Waals surface area contributed by atoms with Crippen LogP contribution in [0.5, 0.6) is 5.75 Å². The van der Waals surface area contributed by atoms with Crippen LogP contribution in [-0.4, -0.2) is 5.97 Å². The van der Waals surface area contributed by atoms with Gasteiger partial charge < -0.3 is 4.74 Å². The summed E-state index contributed by atoms with van der Waals surface area (Å²) in [6.45, 7) is 0. The Bertz CT molecular complexity index is 480. The molecule has 0 aliphatic heterocycles. The fourth-order valence-corrected chi connectivity index (χ4v) is 1.14. The number of terminal acetylenes is 1. The standard InChI is InChI=1S/C12H8F4O2/c1-2-3-4-5-9(17)18-12-10(15)7(13)6-8(14)11(12)16/h1,6H,3-5H2. The van der Waals surface area contributed by atoms with Gasteiger partial charge in [-0.3, -0.25) is 4.79 Å². The minimum atomic E-state index is -1.75. The van der Waals surface area contributed by atoms with E-state index in [1.165, 1.54) is 0 Å². The number of benzene rings is 1. The summed E-state index contributed by atoms with van der Waals surface area (Å²) in [5.41, 5.74) is 0. The average molecular weight is 260 g/mol. The summed E-state index contributed by atoms with van der Waals surface area (Å²) in [6, 6.07) is 0.0281. The fourth-order valence-electron chi connectivity index (χ4n) is 1.14. The Morgan fingerprint density at radius 2 is 1.78 bits per heavy atom. The molecule has 2 nitrogen and oxygen atoms in total. The van der Waals surface area contributed by atoms with Crippen LogP contribution >= 0.6 is 0 Å². The summed E-state index contributed by atoms with van der Waals surface area (Å²) < 4.78 is 56.0. The van der Waals surface area contributed by atoms with E-state index >= 15 is 0 Å². The van der Waals surface area contributed by atoms with Gasteiger partial charge in [0.25, 0.3) is 0 Å². The molecule has 0 bridgehead atoms. The van der Waals surface area contributed by atoms with Gasteiger partial charge >= 0.3 is 5.97 Å². The van der Waals surface area contributed by atoms with Gasteiger partial charge in [-0.25, -0.2) is 8.78 Å². The third-order valence-corrected chi connectivity index (χ3v) is 1.99. The first kappa shape index (κ1) is 14.0. The first-order valence-electron chi connectivity index (χ1n) is 4.94. The molecular formula is C12H8F4O2. The van der Waals surface area contributed by atoms with Crippen LogP contribution in [0.4, 0.5) is 17.6 Å². The zero-order valence-corrected chi connectivity index (χ0v) is 9.10. The van der Waals surface area contributed by atoms with Gasteiger partial charge in [0.1, 0.15) is 0 Å². The molecule has 0 fully saturated rings. The van der Waals surface area contributed by atoms with E-state index < -0.39 is 35.0 Å². The number of hydrogen-bond donors (Lipinski definition) is 0. The minimum Gasteiger partial charge on any atom is -0.420 e. The van der Waals surface area contributed by atoms with Gasteiger partial charge in [0.2, 0.25) is 17.4 Å². The first-order chi connectivity index (χ1) is 8.47. The molecule has 0 amide bonds. The molecule has 0 saturated heterocycles. The number of hydrogen-bond acceptors (Lipinski definition) is 2. The van der Waals surface area contributed by atoms with Crippen LogP contribution in [-0.2, 0) is 4.79 Å². The van der Waals surface area contributed by atoms with Crippen molar-refractivity contribution in [3.8, 4) is 18.1 Å². The third kappa shape index (κ3) is 3.23. The monoisotopic (exact) mass is 260 g/mol. The molecule has 0 radical (unpaired) electrons. The van der Waals surface area contributed by atoms with E-state index in [0.29, 0.717) is 0 Å². The molecule has 0 saturated carbocycles. The van der Waals surface area contributed by atoms with Crippen LogP contribution < -0.4 is 4.74 Å². The van der Waals surface area contributed by atoms with Gasteiger partial charge in [-0.15, -0.1) is 12.3 Å². The lowest BCUT2D eigenvalue weighted by Gasteiger charge is -2.07. The maximum Gasteiger partial charge on any atom is 0.311 e. The fraction of sp³-hybridized carbons (Fsp3) is 0.250. The molecule has 0 atom stereocenters. The van der Waals surface area contributed by atoms with Crippen LogP contribution in [0.25, 0.3) is 0 Å². The largest absolute Gasteiger partial charge is 0.420 e. The lowest BCUT2D eigenvalue weighted by atomic mass is 10.2. The summed E-state index contributed by atoms with van der Waals surface area (Å²) in [7, 11) is 0. The van der Waals surface area contributed by atoms with Gasteiger partial charge in [-0.2, -0.15) is 8.78 Å². The smallest absolute Gasteiger partial charge is 0.311 e. The van der Waals surface area contributed by atoms with Crippen molar-refractivity contribution in [1.82, 2.24) is 0 Å². The zero-order chi connectivity index (χ0) is 13.7. The van der Waals surface area contributed by atoms with E-state index in [1.807, 2.05) is 0 Å². The number of carbonyl (C=O) groups is 1. The van der Waals surface area contributed by atoms with Crippen LogP contribution in [0.1, 0.15) is 19.3 Å². The van der Waals surface area contributed by atoms with Crippen LogP contribution in [0.2, 0.25) is 0 Å². The Kier molecular flexibility index (Phi) is 4.72. The van der Waals surface area contributed by atoms with E-state index in [4.69, 9.17) is 6.42 Å². The second-order valence-corrected chi connectivity index (χ2v) is 3.33. The number of unbranched alkanes of at least 4 members (excludes halogenated alkanes) is 1. The van der Waals surface area contributed by atoms with E-state index in [2.05, 4.69) is 10.7 Å². The molecule has 18 heavy (non-hydrogen) atoms. The topological polar surface area (TPSA) is 26.3 Å². The van der Waals surface area contributed by atoms with Crippen LogP contribution in [0.15, 0.2) is 6.07 Å². The van der Waals surface area contributed by atoms with E-state index in [9.17, 15) is 22.4 Å². The van der Waals surface area contributed by atoms with Gasteiger partial charge in [0.05, 0.1) is 0 Å². The molecule has 6 heteroatoms. The predicted octanol–water partition coefficient (Wildman–Crippen LogP) is 2.95. The number of ether oxygens (including phenoxy) is 1. The molecule has 1 aromatic carbocycles. The molecule has 1 rings (SSSR count). The predicted molar refractivity (Wildman–Crippen MR) is 54.6 cm³/mol. The molecule has 0 heterocycles. The molecule has 0 N–H and O–H groups in total. The maximum absolute atomic E-state index is 13.1. The van der Waals surface area contributed by atoms with Gasteiger partial charge in [0.15, 0.2) is 11.6 Å².